The molecular formula is C15H15N5O3. The van der Waals surface area contributed by atoms with Gasteiger partial charge in [-0.2, -0.15) is 0 Å². The van der Waals surface area contributed by atoms with Crippen LogP contribution in [0.25, 0.3) is 10.9 Å². The van der Waals surface area contributed by atoms with Gasteiger partial charge in [-0.3, -0.25) is 9.78 Å². The van der Waals surface area contributed by atoms with Gasteiger partial charge in [0.25, 0.3) is 5.91 Å². The highest BCUT2D eigenvalue weighted by Gasteiger charge is 2.29. The van der Waals surface area contributed by atoms with E-state index in [0.717, 1.165) is 23.7 Å². The average molecular weight is 313 g/mol. The van der Waals surface area contributed by atoms with Crippen LogP contribution in [0.5, 0.6) is 0 Å². The van der Waals surface area contributed by atoms with E-state index in [1.165, 1.54) is 0 Å². The van der Waals surface area contributed by atoms with Gasteiger partial charge >= 0.3 is 5.76 Å². The summed E-state index contributed by atoms with van der Waals surface area (Å²) in [7, 11) is 0. The molecule has 3 aromatic rings. The summed E-state index contributed by atoms with van der Waals surface area (Å²) in [5, 5.41) is 6.97. The molecule has 0 bridgehead atoms. The van der Waals surface area contributed by atoms with E-state index in [0.29, 0.717) is 24.7 Å². The third kappa shape index (κ3) is 2.41. The Labute approximate surface area is 130 Å². The Morgan fingerprint density at radius 2 is 2.30 bits per heavy atom. The number of pyridine rings is 1. The molecule has 0 spiro atoms. The second-order valence-corrected chi connectivity index (χ2v) is 5.64. The van der Waals surface area contributed by atoms with Crippen molar-refractivity contribution in [3.8, 4) is 0 Å². The van der Waals surface area contributed by atoms with Crippen LogP contribution in [0.1, 0.15) is 35.1 Å². The predicted molar refractivity (Wildman–Crippen MR) is 81.1 cm³/mol. The number of hydrogen-bond acceptors (Lipinski definition) is 5. The van der Waals surface area contributed by atoms with Gasteiger partial charge in [0, 0.05) is 36.4 Å². The van der Waals surface area contributed by atoms with E-state index in [2.05, 4.69) is 20.2 Å². The highest BCUT2D eigenvalue weighted by molar-refractivity contribution is 6.04. The predicted octanol–water partition coefficient (Wildman–Crippen LogP) is 1.26. The maximum Gasteiger partial charge on any atom is 0.434 e. The van der Waals surface area contributed by atoms with Crippen LogP contribution in [0.4, 0.5) is 0 Å². The molecule has 4 heterocycles. The van der Waals surface area contributed by atoms with Crippen molar-refractivity contribution in [3.63, 3.8) is 0 Å². The zero-order valence-electron chi connectivity index (χ0n) is 12.3. The van der Waals surface area contributed by atoms with E-state index in [9.17, 15) is 9.59 Å². The van der Waals surface area contributed by atoms with Gasteiger partial charge in [-0.15, -0.1) is 5.10 Å². The fraction of sp³-hybridized carbons (Fsp3) is 0.333. The van der Waals surface area contributed by atoms with Gasteiger partial charge in [-0.1, -0.05) is 0 Å². The molecule has 0 aliphatic carbocycles. The molecule has 0 aromatic carbocycles. The molecule has 1 aliphatic rings. The van der Waals surface area contributed by atoms with Gasteiger partial charge in [0.1, 0.15) is 5.69 Å². The van der Waals surface area contributed by atoms with Gasteiger partial charge in [0.2, 0.25) is 5.89 Å². The Balaban J connectivity index is 1.61. The fourth-order valence-electron chi connectivity index (χ4n) is 3.08. The highest BCUT2D eigenvalue weighted by atomic mass is 16.4. The molecular weight excluding hydrogens is 298 g/mol. The number of likely N-dealkylation sites (tertiary alicyclic amines) is 1. The molecule has 4 rings (SSSR count). The van der Waals surface area contributed by atoms with E-state index in [1.54, 1.807) is 17.3 Å². The molecule has 8 heteroatoms. The number of aromatic nitrogens is 4. The maximum atomic E-state index is 12.8. The number of amides is 1. The van der Waals surface area contributed by atoms with Crippen LogP contribution >= 0.6 is 0 Å². The average Bonchev–Trinajstić information content (AvgIpc) is 3.22. The number of hydrogen-bond donors (Lipinski definition) is 2. The standard InChI is InChI=1S/C15H15N5O3/c21-14(12-10-3-5-16-11(10)4-6-17-12)20-7-1-2-9(8-20)13-18-19-15(22)23-13/h3-6,9,16H,1-2,7-8H2,(H,19,22). The van der Waals surface area contributed by atoms with Crippen LogP contribution in [0.3, 0.4) is 0 Å². The molecule has 3 aromatic heterocycles. The molecule has 1 fully saturated rings. The summed E-state index contributed by atoms with van der Waals surface area (Å²) in [6.07, 6.45) is 5.08. The molecule has 1 amide bonds. The number of piperidine rings is 1. The molecule has 1 unspecified atom stereocenters. The minimum atomic E-state index is -0.567. The number of nitrogens with zero attached hydrogens (tertiary/aromatic N) is 3. The molecule has 0 saturated carbocycles. The Morgan fingerprint density at radius 3 is 3.13 bits per heavy atom. The lowest BCUT2D eigenvalue weighted by molar-refractivity contribution is 0.0694. The zero-order chi connectivity index (χ0) is 15.8. The lowest BCUT2D eigenvalue weighted by Crippen LogP contribution is -2.39. The van der Waals surface area contributed by atoms with E-state index < -0.39 is 5.76 Å². The van der Waals surface area contributed by atoms with Gasteiger partial charge in [-0.05, 0) is 25.0 Å². The fourth-order valence-corrected chi connectivity index (χ4v) is 3.08. The normalized spacial score (nSPS) is 18.4. The number of carbonyl (C=O) groups excluding carboxylic acids is 1. The van der Waals surface area contributed by atoms with Crippen molar-refractivity contribution in [1.82, 2.24) is 25.1 Å². The van der Waals surface area contributed by atoms with Crippen LogP contribution < -0.4 is 5.76 Å². The maximum absolute atomic E-state index is 12.8. The first-order chi connectivity index (χ1) is 11.2. The van der Waals surface area contributed by atoms with E-state index in [1.807, 2.05) is 12.1 Å². The quantitative estimate of drug-likeness (QED) is 0.740. The topological polar surface area (TPSA) is 108 Å². The highest BCUT2D eigenvalue weighted by Crippen LogP contribution is 2.26. The first-order valence-electron chi connectivity index (χ1n) is 7.49. The van der Waals surface area contributed by atoms with E-state index in [-0.39, 0.29) is 11.8 Å². The van der Waals surface area contributed by atoms with E-state index >= 15 is 0 Å². The van der Waals surface area contributed by atoms with Gasteiger partial charge in [0.15, 0.2) is 0 Å². The van der Waals surface area contributed by atoms with Crippen molar-refractivity contribution >= 4 is 16.8 Å². The van der Waals surface area contributed by atoms with Crippen molar-refractivity contribution in [2.75, 3.05) is 13.1 Å². The number of carbonyl (C=O) groups is 1. The third-order valence-corrected chi connectivity index (χ3v) is 4.19. The smallest absolute Gasteiger partial charge is 0.392 e. The number of fused-ring (bicyclic) bond motifs is 1. The lowest BCUT2D eigenvalue weighted by atomic mass is 9.97. The first kappa shape index (κ1) is 13.7. The third-order valence-electron chi connectivity index (χ3n) is 4.19. The Hall–Kier alpha value is -2.90. The monoisotopic (exact) mass is 313 g/mol. The molecule has 23 heavy (non-hydrogen) atoms. The minimum Gasteiger partial charge on any atom is -0.392 e. The zero-order valence-corrected chi connectivity index (χ0v) is 12.3. The summed E-state index contributed by atoms with van der Waals surface area (Å²) in [6, 6.07) is 3.69. The SMILES string of the molecule is O=C(c1nccc2[nH]ccc12)N1CCCC(c2n[nH]c(=O)o2)C1. The van der Waals surface area contributed by atoms with Gasteiger partial charge in [0.05, 0.1) is 5.92 Å². The van der Waals surface area contributed by atoms with Crippen molar-refractivity contribution in [2.24, 2.45) is 0 Å². The lowest BCUT2D eigenvalue weighted by Gasteiger charge is -2.30. The molecule has 2 N–H and O–H groups in total. The van der Waals surface area contributed by atoms with Crippen molar-refractivity contribution in [1.29, 1.82) is 0 Å². The number of H-pyrrole nitrogens is 2. The van der Waals surface area contributed by atoms with Crippen LogP contribution in [0.15, 0.2) is 33.7 Å². The second-order valence-electron chi connectivity index (χ2n) is 5.64. The number of aromatic amines is 2. The molecule has 0 radical (unpaired) electrons. The van der Waals surface area contributed by atoms with Crippen LogP contribution in [-0.4, -0.2) is 44.1 Å². The van der Waals surface area contributed by atoms with Gasteiger partial charge < -0.3 is 14.3 Å². The van der Waals surface area contributed by atoms with Crippen molar-refractivity contribution < 1.29 is 9.21 Å². The van der Waals surface area contributed by atoms with Gasteiger partial charge in [-0.25, -0.2) is 9.89 Å². The Bertz CT molecular complexity index is 909. The summed E-state index contributed by atoms with van der Waals surface area (Å²) >= 11 is 0. The Morgan fingerprint density at radius 1 is 1.39 bits per heavy atom. The second kappa shape index (κ2) is 5.38. The van der Waals surface area contributed by atoms with Crippen LogP contribution in [0.2, 0.25) is 0 Å². The summed E-state index contributed by atoms with van der Waals surface area (Å²) in [5.74, 6) is -0.391. The number of nitrogens with one attached hydrogen (secondary N) is 2. The molecule has 1 aliphatic heterocycles. The molecule has 118 valence electrons. The first-order valence-corrected chi connectivity index (χ1v) is 7.49. The van der Waals surface area contributed by atoms with Crippen molar-refractivity contribution in [2.45, 2.75) is 18.8 Å². The molecule has 1 atom stereocenters. The van der Waals surface area contributed by atoms with E-state index in [4.69, 9.17) is 4.42 Å². The minimum absolute atomic E-state index is 0.0722. The Kier molecular flexibility index (Phi) is 3.22. The number of rotatable bonds is 2. The van der Waals surface area contributed by atoms with Crippen LogP contribution in [0, 0.1) is 0 Å². The summed E-state index contributed by atoms with van der Waals surface area (Å²) < 4.78 is 5.03. The summed E-state index contributed by atoms with van der Waals surface area (Å²) in [4.78, 5) is 33.0. The van der Waals surface area contributed by atoms with Crippen LogP contribution in [-0.2, 0) is 0 Å². The largest absolute Gasteiger partial charge is 0.434 e. The summed E-state index contributed by atoms with van der Waals surface area (Å²) in [5.41, 5.74) is 1.32. The summed E-state index contributed by atoms with van der Waals surface area (Å²) in [6.45, 7) is 1.13. The van der Waals surface area contributed by atoms with Crippen molar-refractivity contribution in [3.05, 3.63) is 46.7 Å². The molecule has 8 nitrogen and oxygen atoms in total. The molecule has 1 saturated heterocycles.